The lowest BCUT2D eigenvalue weighted by molar-refractivity contribution is -0.140. The van der Waals surface area contributed by atoms with E-state index in [0.29, 0.717) is 19.5 Å². The largest absolute Gasteiger partial charge is 0.337 e. The van der Waals surface area contributed by atoms with Crippen LogP contribution < -0.4 is 11.1 Å². The highest BCUT2D eigenvalue weighted by Crippen LogP contribution is 2.25. The Morgan fingerprint density at radius 2 is 2.16 bits per heavy atom. The fraction of sp³-hybridized carbons (Fsp3) is 0.923. The number of nitrogens with two attached hydrogens (primary N) is 1. The van der Waals surface area contributed by atoms with Crippen molar-refractivity contribution >= 4 is 5.91 Å². The van der Waals surface area contributed by atoms with Crippen LogP contribution in [-0.4, -0.2) is 72.7 Å². The summed E-state index contributed by atoms with van der Waals surface area (Å²) in [7, 11) is 0. The number of nitrogens with zero attached hydrogens (tertiary/aromatic N) is 2. The molecule has 3 heterocycles. The molecule has 0 bridgehead atoms. The molecule has 0 spiro atoms. The summed E-state index contributed by atoms with van der Waals surface area (Å²) in [6.07, 6.45) is 1.77. The van der Waals surface area contributed by atoms with Crippen LogP contribution in [-0.2, 0) is 4.79 Å². The van der Waals surface area contributed by atoms with E-state index in [1.807, 2.05) is 4.90 Å². The van der Waals surface area contributed by atoms with E-state index >= 15 is 0 Å². The van der Waals surface area contributed by atoms with Gasteiger partial charge in [0.2, 0.25) is 5.91 Å². The first-order chi connectivity index (χ1) is 9.16. The number of piperidine rings is 2. The number of hydrogen-bond donors (Lipinski definition) is 2. The van der Waals surface area contributed by atoms with Gasteiger partial charge in [-0.15, -0.1) is 0 Å². The van der Waals surface area contributed by atoms with Gasteiger partial charge in [-0.25, -0.2) is 4.39 Å². The molecule has 6 heteroatoms. The fourth-order valence-electron chi connectivity index (χ4n) is 3.76. The van der Waals surface area contributed by atoms with Crippen molar-refractivity contribution in [2.45, 2.75) is 43.6 Å². The second-order valence-electron chi connectivity index (χ2n) is 5.96. The summed E-state index contributed by atoms with van der Waals surface area (Å²) in [6.45, 7) is 3.33. The standard InChI is InChI=1S/C13H23FN4O/c14-10-6-16-7-11(15)13(10)17-4-5-18-9(8-17)2-1-3-12(18)19/h9-11,13,16H,1-8,15H2. The van der Waals surface area contributed by atoms with Gasteiger partial charge in [0, 0.05) is 51.2 Å². The van der Waals surface area contributed by atoms with Gasteiger partial charge in [-0.2, -0.15) is 0 Å². The first-order valence-corrected chi connectivity index (χ1v) is 7.30. The summed E-state index contributed by atoms with van der Waals surface area (Å²) in [5.41, 5.74) is 6.07. The molecule has 3 fully saturated rings. The third-order valence-corrected chi connectivity index (χ3v) is 4.71. The van der Waals surface area contributed by atoms with Gasteiger partial charge in [0.15, 0.2) is 0 Å². The Kier molecular flexibility index (Phi) is 3.73. The Labute approximate surface area is 113 Å². The van der Waals surface area contributed by atoms with Gasteiger partial charge in [0.05, 0.1) is 6.04 Å². The van der Waals surface area contributed by atoms with Crippen molar-refractivity contribution in [2.75, 3.05) is 32.7 Å². The average molecular weight is 270 g/mol. The van der Waals surface area contributed by atoms with Crippen molar-refractivity contribution in [3.05, 3.63) is 0 Å². The van der Waals surface area contributed by atoms with Crippen LogP contribution >= 0.6 is 0 Å². The van der Waals surface area contributed by atoms with Crippen molar-refractivity contribution in [1.82, 2.24) is 15.1 Å². The zero-order valence-corrected chi connectivity index (χ0v) is 11.2. The van der Waals surface area contributed by atoms with E-state index in [-0.39, 0.29) is 24.0 Å². The minimum Gasteiger partial charge on any atom is -0.337 e. The first-order valence-electron chi connectivity index (χ1n) is 7.30. The number of carbonyl (C=O) groups is 1. The molecule has 4 unspecified atom stereocenters. The topological polar surface area (TPSA) is 61.6 Å². The van der Waals surface area contributed by atoms with Crippen molar-refractivity contribution in [3.63, 3.8) is 0 Å². The number of nitrogens with one attached hydrogen (secondary N) is 1. The second-order valence-corrected chi connectivity index (χ2v) is 5.96. The molecule has 1 amide bonds. The lowest BCUT2D eigenvalue weighted by atomic mass is 9.93. The molecule has 3 rings (SSSR count). The zero-order valence-electron chi connectivity index (χ0n) is 11.2. The molecule has 0 aromatic rings. The Hall–Kier alpha value is -0.720. The number of rotatable bonds is 1. The Balaban J connectivity index is 1.68. The summed E-state index contributed by atoms with van der Waals surface area (Å²) in [4.78, 5) is 16.0. The Morgan fingerprint density at radius 1 is 1.32 bits per heavy atom. The van der Waals surface area contributed by atoms with E-state index in [1.165, 1.54) is 0 Å². The normalized spacial score (nSPS) is 41.2. The van der Waals surface area contributed by atoms with Crippen LogP contribution in [0.25, 0.3) is 0 Å². The van der Waals surface area contributed by atoms with Crippen molar-refractivity contribution in [3.8, 4) is 0 Å². The van der Waals surface area contributed by atoms with Gasteiger partial charge in [0.25, 0.3) is 0 Å². The number of piperazine rings is 1. The maximum absolute atomic E-state index is 14.1. The third-order valence-electron chi connectivity index (χ3n) is 4.71. The van der Waals surface area contributed by atoms with Crippen LogP contribution in [0.2, 0.25) is 0 Å². The summed E-state index contributed by atoms with van der Waals surface area (Å²) >= 11 is 0. The van der Waals surface area contributed by atoms with Gasteiger partial charge in [-0.1, -0.05) is 0 Å². The van der Waals surface area contributed by atoms with Crippen LogP contribution in [0.1, 0.15) is 19.3 Å². The number of amides is 1. The van der Waals surface area contributed by atoms with Crippen molar-refractivity contribution in [2.24, 2.45) is 5.73 Å². The van der Waals surface area contributed by atoms with Gasteiger partial charge in [-0.05, 0) is 12.8 Å². The van der Waals surface area contributed by atoms with Crippen molar-refractivity contribution < 1.29 is 9.18 Å². The first kappa shape index (κ1) is 13.3. The Morgan fingerprint density at radius 3 is 2.95 bits per heavy atom. The maximum Gasteiger partial charge on any atom is 0.222 e. The molecule has 5 nitrogen and oxygen atoms in total. The van der Waals surface area contributed by atoms with E-state index in [0.717, 1.165) is 32.5 Å². The van der Waals surface area contributed by atoms with E-state index in [4.69, 9.17) is 5.73 Å². The van der Waals surface area contributed by atoms with Crippen LogP contribution in [0.5, 0.6) is 0 Å². The summed E-state index contributed by atoms with van der Waals surface area (Å²) in [5, 5.41) is 3.03. The molecular weight excluding hydrogens is 247 g/mol. The SMILES string of the molecule is NC1CNCC(F)C1N1CCN2C(=O)CCCC2C1. The molecular formula is C13H23FN4O. The molecule has 3 N–H and O–H groups in total. The summed E-state index contributed by atoms with van der Waals surface area (Å²) in [6, 6.07) is -0.0840. The lowest BCUT2D eigenvalue weighted by Gasteiger charge is -2.49. The smallest absolute Gasteiger partial charge is 0.222 e. The predicted octanol–water partition coefficient (Wildman–Crippen LogP) is -0.680. The number of fused-ring (bicyclic) bond motifs is 1. The maximum atomic E-state index is 14.1. The molecule has 19 heavy (non-hydrogen) atoms. The van der Waals surface area contributed by atoms with Gasteiger partial charge < -0.3 is 16.0 Å². The molecule has 0 radical (unpaired) electrons. The van der Waals surface area contributed by atoms with E-state index < -0.39 is 6.17 Å². The van der Waals surface area contributed by atoms with Crippen LogP contribution in [0, 0.1) is 0 Å². The van der Waals surface area contributed by atoms with E-state index in [2.05, 4.69) is 10.2 Å². The monoisotopic (exact) mass is 270 g/mol. The molecule has 3 aliphatic rings. The molecule has 4 atom stereocenters. The van der Waals surface area contributed by atoms with E-state index in [1.54, 1.807) is 0 Å². The lowest BCUT2D eigenvalue weighted by Crippen LogP contribution is -2.67. The number of halogens is 1. The van der Waals surface area contributed by atoms with Crippen LogP contribution in [0.4, 0.5) is 4.39 Å². The van der Waals surface area contributed by atoms with Crippen LogP contribution in [0.3, 0.4) is 0 Å². The molecule has 0 aliphatic carbocycles. The van der Waals surface area contributed by atoms with Gasteiger partial charge in [0.1, 0.15) is 6.17 Å². The minimum atomic E-state index is -0.908. The highest BCUT2D eigenvalue weighted by Gasteiger charge is 2.41. The zero-order chi connectivity index (χ0) is 13.4. The highest BCUT2D eigenvalue weighted by atomic mass is 19.1. The quantitative estimate of drug-likeness (QED) is 0.663. The van der Waals surface area contributed by atoms with Gasteiger partial charge in [-0.3, -0.25) is 9.69 Å². The summed E-state index contributed by atoms with van der Waals surface area (Å²) < 4.78 is 14.1. The van der Waals surface area contributed by atoms with Crippen molar-refractivity contribution in [1.29, 1.82) is 0 Å². The molecule has 0 saturated carbocycles. The molecule has 3 aliphatic heterocycles. The predicted molar refractivity (Wildman–Crippen MR) is 70.5 cm³/mol. The minimum absolute atomic E-state index is 0.158. The second kappa shape index (κ2) is 5.34. The highest BCUT2D eigenvalue weighted by molar-refractivity contribution is 5.77. The summed E-state index contributed by atoms with van der Waals surface area (Å²) in [5.74, 6) is 0.266. The fourth-order valence-corrected chi connectivity index (χ4v) is 3.76. The molecule has 3 saturated heterocycles. The van der Waals surface area contributed by atoms with Gasteiger partial charge >= 0.3 is 0 Å². The van der Waals surface area contributed by atoms with E-state index in [9.17, 15) is 9.18 Å². The Bertz CT molecular complexity index is 344. The molecule has 108 valence electrons. The average Bonchev–Trinajstić information content (AvgIpc) is 2.39. The third kappa shape index (κ3) is 2.49. The number of alkyl halides is 1. The van der Waals surface area contributed by atoms with Crippen LogP contribution in [0.15, 0.2) is 0 Å². The molecule has 0 aromatic carbocycles. The molecule has 0 aromatic heterocycles. The number of hydrogen-bond acceptors (Lipinski definition) is 4. The number of carbonyl (C=O) groups excluding carboxylic acids is 1.